The van der Waals surface area contributed by atoms with Crippen LogP contribution in [0, 0.1) is 6.92 Å². The molecule has 2 rings (SSSR count). The summed E-state index contributed by atoms with van der Waals surface area (Å²) in [4.78, 5) is 19.5. The highest BCUT2D eigenvalue weighted by Gasteiger charge is 2.34. The molecule has 1 fully saturated rings. The van der Waals surface area contributed by atoms with Crippen molar-refractivity contribution >= 4 is 18.0 Å². The normalized spacial score (nSPS) is 25.5. The van der Waals surface area contributed by atoms with Crippen LogP contribution in [0.4, 0.5) is 0 Å². The van der Waals surface area contributed by atoms with Crippen LogP contribution in [-0.4, -0.2) is 22.0 Å². The largest absolute Gasteiger partial charge is 0.296 e. The van der Waals surface area contributed by atoms with Crippen LogP contribution in [0.15, 0.2) is 6.07 Å². The Morgan fingerprint density at radius 2 is 2.33 bits per heavy atom. The molecule has 3 nitrogen and oxygen atoms in total. The first-order chi connectivity index (χ1) is 7.14. The van der Waals surface area contributed by atoms with Gasteiger partial charge in [-0.25, -0.2) is 9.97 Å². The van der Waals surface area contributed by atoms with Gasteiger partial charge < -0.3 is 0 Å². The molecule has 1 aliphatic rings. The molecular formula is C11H14N2OS. The highest BCUT2D eigenvalue weighted by Crippen LogP contribution is 2.44. The lowest BCUT2D eigenvalue weighted by Gasteiger charge is -2.21. The van der Waals surface area contributed by atoms with Crippen LogP contribution in [-0.2, 0) is 4.75 Å². The van der Waals surface area contributed by atoms with Crippen molar-refractivity contribution in [2.45, 2.75) is 31.4 Å². The third kappa shape index (κ3) is 2.04. The van der Waals surface area contributed by atoms with Crippen LogP contribution < -0.4 is 0 Å². The Morgan fingerprint density at radius 1 is 1.53 bits per heavy atom. The third-order valence-corrected chi connectivity index (χ3v) is 4.20. The van der Waals surface area contributed by atoms with Gasteiger partial charge in [-0.2, -0.15) is 0 Å². The van der Waals surface area contributed by atoms with Gasteiger partial charge in [0, 0.05) is 5.69 Å². The Balaban J connectivity index is 2.42. The average Bonchev–Trinajstić information content (AvgIpc) is 2.65. The SMILES string of the molecule is Cc1cc(C=O)nc(C2(C)CCCS2)n1. The highest BCUT2D eigenvalue weighted by molar-refractivity contribution is 8.00. The first-order valence-corrected chi connectivity index (χ1v) is 6.08. The number of rotatable bonds is 2. The van der Waals surface area contributed by atoms with Crippen LogP contribution in [0.3, 0.4) is 0 Å². The van der Waals surface area contributed by atoms with Crippen LogP contribution in [0.5, 0.6) is 0 Å². The number of hydrogen-bond donors (Lipinski definition) is 0. The number of aldehydes is 1. The molecule has 4 heteroatoms. The molecule has 1 atom stereocenters. The van der Waals surface area contributed by atoms with Gasteiger partial charge in [-0.05, 0) is 38.5 Å². The van der Waals surface area contributed by atoms with Gasteiger partial charge in [-0.1, -0.05) is 0 Å². The maximum absolute atomic E-state index is 10.7. The molecule has 0 saturated carbocycles. The van der Waals surface area contributed by atoms with Gasteiger partial charge in [-0.3, -0.25) is 4.79 Å². The molecule has 2 heterocycles. The molecular weight excluding hydrogens is 208 g/mol. The van der Waals surface area contributed by atoms with E-state index in [1.165, 1.54) is 6.42 Å². The monoisotopic (exact) mass is 222 g/mol. The van der Waals surface area contributed by atoms with Crippen LogP contribution in [0.25, 0.3) is 0 Å². The van der Waals surface area contributed by atoms with E-state index in [0.29, 0.717) is 5.69 Å². The van der Waals surface area contributed by atoms with Gasteiger partial charge >= 0.3 is 0 Å². The molecule has 15 heavy (non-hydrogen) atoms. The quantitative estimate of drug-likeness (QED) is 0.720. The van der Waals surface area contributed by atoms with Crippen molar-refractivity contribution in [1.29, 1.82) is 0 Å². The molecule has 0 aromatic carbocycles. The predicted molar refractivity (Wildman–Crippen MR) is 61.2 cm³/mol. The summed E-state index contributed by atoms with van der Waals surface area (Å²) in [5.74, 6) is 1.97. The van der Waals surface area contributed by atoms with E-state index in [0.717, 1.165) is 30.0 Å². The number of carbonyl (C=O) groups excluding carboxylic acids is 1. The van der Waals surface area contributed by atoms with Gasteiger partial charge in [-0.15, -0.1) is 11.8 Å². The summed E-state index contributed by atoms with van der Waals surface area (Å²) in [6.45, 7) is 4.06. The molecule has 0 amide bonds. The second kappa shape index (κ2) is 3.93. The van der Waals surface area contributed by atoms with E-state index < -0.39 is 0 Å². The summed E-state index contributed by atoms with van der Waals surface area (Å²) in [5.41, 5.74) is 1.36. The summed E-state index contributed by atoms with van der Waals surface area (Å²) in [5, 5.41) is 0. The molecule has 1 aliphatic heterocycles. The van der Waals surface area contributed by atoms with Gasteiger partial charge in [0.25, 0.3) is 0 Å². The van der Waals surface area contributed by atoms with Crippen molar-refractivity contribution in [2.75, 3.05) is 5.75 Å². The van der Waals surface area contributed by atoms with Gasteiger partial charge in [0.2, 0.25) is 0 Å². The molecule has 0 aliphatic carbocycles. The second-order valence-electron chi connectivity index (χ2n) is 4.06. The van der Waals surface area contributed by atoms with Crippen LogP contribution in [0.1, 0.15) is 41.8 Å². The maximum Gasteiger partial charge on any atom is 0.168 e. The minimum Gasteiger partial charge on any atom is -0.296 e. The van der Waals surface area contributed by atoms with E-state index in [-0.39, 0.29) is 4.75 Å². The Hall–Kier alpha value is -0.900. The van der Waals surface area contributed by atoms with Crippen LogP contribution in [0.2, 0.25) is 0 Å². The van der Waals surface area contributed by atoms with E-state index in [2.05, 4.69) is 16.9 Å². The zero-order valence-electron chi connectivity index (χ0n) is 8.99. The molecule has 1 unspecified atom stereocenters. The molecule has 1 saturated heterocycles. The van der Waals surface area contributed by atoms with Gasteiger partial charge in [0.05, 0.1) is 4.75 Å². The molecule has 0 bridgehead atoms. The van der Waals surface area contributed by atoms with Crippen LogP contribution >= 0.6 is 11.8 Å². The molecule has 0 radical (unpaired) electrons. The molecule has 1 aromatic heterocycles. The van der Waals surface area contributed by atoms with E-state index >= 15 is 0 Å². The number of thioether (sulfide) groups is 1. The Labute approximate surface area is 93.7 Å². The highest BCUT2D eigenvalue weighted by atomic mass is 32.2. The number of hydrogen-bond acceptors (Lipinski definition) is 4. The molecule has 1 aromatic rings. The lowest BCUT2D eigenvalue weighted by Crippen LogP contribution is -2.18. The number of nitrogens with zero attached hydrogens (tertiary/aromatic N) is 2. The summed E-state index contributed by atoms with van der Waals surface area (Å²) in [6.07, 6.45) is 3.09. The zero-order valence-corrected chi connectivity index (χ0v) is 9.80. The lowest BCUT2D eigenvalue weighted by molar-refractivity contribution is 0.111. The maximum atomic E-state index is 10.7. The van der Waals surface area contributed by atoms with Crippen molar-refractivity contribution in [1.82, 2.24) is 9.97 Å². The van der Waals surface area contributed by atoms with E-state index in [9.17, 15) is 4.79 Å². The smallest absolute Gasteiger partial charge is 0.168 e. The molecule has 0 N–H and O–H groups in total. The van der Waals surface area contributed by atoms with E-state index in [1.807, 2.05) is 18.7 Å². The number of carbonyl (C=O) groups is 1. The standard InChI is InChI=1S/C11H14N2OS/c1-8-6-9(7-14)13-10(12-8)11(2)4-3-5-15-11/h6-7H,3-5H2,1-2H3. The van der Waals surface area contributed by atoms with Crippen molar-refractivity contribution < 1.29 is 4.79 Å². The predicted octanol–water partition coefficient (Wildman–Crippen LogP) is 2.34. The number of aromatic nitrogens is 2. The number of aryl methyl sites for hydroxylation is 1. The van der Waals surface area contributed by atoms with Crippen molar-refractivity contribution in [3.8, 4) is 0 Å². The third-order valence-electron chi connectivity index (χ3n) is 2.69. The topological polar surface area (TPSA) is 42.9 Å². The molecule has 80 valence electrons. The summed E-state index contributed by atoms with van der Waals surface area (Å²) >= 11 is 1.88. The zero-order chi connectivity index (χ0) is 10.9. The fourth-order valence-electron chi connectivity index (χ4n) is 1.85. The Kier molecular flexibility index (Phi) is 2.78. The fourth-order valence-corrected chi connectivity index (χ4v) is 3.09. The first kappa shape index (κ1) is 10.6. The summed E-state index contributed by atoms with van der Waals surface area (Å²) in [7, 11) is 0. The fraction of sp³-hybridized carbons (Fsp3) is 0.545. The van der Waals surface area contributed by atoms with E-state index in [4.69, 9.17) is 0 Å². The van der Waals surface area contributed by atoms with Crippen molar-refractivity contribution in [2.24, 2.45) is 0 Å². The van der Waals surface area contributed by atoms with E-state index in [1.54, 1.807) is 6.07 Å². The first-order valence-electron chi connectivity index (χ1n) is 5.09. The molecule has 0 spiro atoms. The lowest BCUT2D eigenvalue weighted by atomic mass is 10.0. The second-order valence-corrected chi connectivity index (χ2v) is 5.66. The Bertz CT molecular complexity index is 386. The minimum absolute atomic E-state index is 0.00375. The Morgan fingerprint density at radius 3 is 2.93 bits per heavy atom. The van der Waals surface area contributed by atoms with Gasteiger partial charge in [0.1, 0.15) is 11.5 Å². The summed E-state index contributed by atoms with van der Waals surface area (Å²) < 4.78 is 0.00375. The minimum atomic E-state index is 0.00375. The van der Waals surface area contributed by atoms with Crippen molar-refractivity contribution in [3.63, 3.8) is 0 Å². The van der Waals surface area contributed by atoms with Gasteiger partial charge in [0.15, 0.2) is 6.29 Å². The average molecular weight is 222 g/mol. The summed E-state index contributed by atoms with van der Waals surface area (Å²) in [6, 6.07) is 1.72. The van der Waals surface area contributed by atoms with Crippen molar-refractivity contribution in [3.05, 3.63) is 23.3 Å².